The fourth-order valence-corrected chi connectivity index (χ4v) is 0.746. The highest BCUT2D eigenvalue weighted by Crippen LogP contribution is 2.19. The van der Waals surface area contributed by atoms with Gasteiger partial charge in [0.15, 0.2) is 0 Å². The zero-order chi connectivity index (χ0) is 10.3. The molecule has 3 nitrogen and oxygen atoms in total. The van der Waals surface area contributed by atoms with Crippen LogP contribution in [0.1, 0.15) is 5.56 Å². The van der Waals surface area contributed by atoms with Crippen molar-refractivity contribution in [2.45, 2.75) is 6.92 Å². The summed E-state index contributed by atoms with van der Waals surface area (Å²) < 4.78 is 0. The number of hydrogen-bond acceptors (Lipinski definition) is 3. The van der Waals surface area contributed by atoms with Gasteiger partial charge in [-0.15, -0.1) is 0 Å². The van der Waals surface area contributed by atoms with Crippen molar-refractivity contribution in [3.8, 4) is 5.75 Å². The monoisotopic (exact) mass is 203 g/mol. The molecule has 0 amide bonds. The van der Waals surface area contributed by atoms with Crippen LogP contribution in [0.4, 0.5) is 0 Å². The maximum atomic E-state index is 8.88. The zero-order valence-corrected chi connectivity index (χ0v) is 8.25. The molecular formula is C9H14ClNO2. The minimum Gasteiger partial charge on any atom is -0.508 e. The van der Waals surface area contributed by atoms with Crippen molar-refractivity contribution in [3.05, 3.63) is 28.8 Å². The number of aromatic hydroxyl groups is 1. The standard InChI is InChI=1S/C7H7ClO.C2H7NO/c1-5-4-6(9)2-3-7(5)8;3-1-2-4/h2-4,9H,1H3;4H,1-3H2. The van der Waals surface area contributed by atoms with Gasteiger partial charge in [-0.05, 0) is 30.7 Å². The average Bonchev–Trinajstić information content (AvgIpc) is 2.12. The Labute approximate surface area is 82.8 Å². The molecule has 0 aliphatic rings. The van der Waals surface area contributed by atoms with Crippen LogP contribution < -0.4 is 5.73 Å². The van der Waals surface area contributed by atoms with Gasteiger partial charge in [-0.3, -0.25) is 0 Å². The molecule has 1 rings (SSSR count). The number of benzene rings is 1. The van der Waals surface area contributed by atoms with Crippen molar-refractivity contribution in [2.24, 2.45) is 5.73 Å². The molecule has 0 fully saturated rings. The lowest BCUT2D eigenvalue weighted by atomic mass is 10.2. The van der Waals surface area contributed by atoms with E-state index < -0.39 is 0 Å². The molecule has 74 valence electrons. The molecule has 13 heavy (non-hydrogen) atoms. The molecule has 4 N–H and O–H groups in total. The third-order valence-corrected chi connectivity index (χ3v) is 1.69. The summed E-state index contributed by atoms with van der Waals surface area (Å²) in [5, 5.41) is 17.3. The van der Waals surface area contributed by atoms with E-state index in [1.54, 1.807) is 18.2 Å². The molecule has 1 aromatic carbocycles. The number of aliphatic hydroxyl groups is 1. The Morgan fingerprint density at radius 3 is 2.31 bits per heavy atom. The normalized spacial score (nSPS) is 8.92. The maximum Gasteiger partial charge on any atom is 0.115 e. The van der Waals surface area contributed by atoms with Gasteiger partial charge in [0, 0.05) is 11.6 Å². The Kier molecular flexibility index (Phi) is 6.32. The summed E-state index contributed by atoms with van der Waals surface area (Å²) in [6.07, 6.45) is 0. The van der Waals surface area contributed by atoms with Crippen molar-refractivity contribution in [3.63, 3.8) is 0 Å². The van der Waals surface area contributed by atoms with Crippen molar-refractivity contribution >= 4 is 11.6 Å². The summed E-state index contributed by atoms with van der Waals surface area (Å²) in [5.41, 5.74) is 5.68. The van der Waals surface area contributed by atoms with Gasteiger partial charge >= 0.3 is 0 Å². The predicted molar refractivity (Wildman–Crippen MR) is 54.0 cm³/mol. The second-order valence-corrected chi connectivity index (χ2v) is 2.85. The molecule has 0 unspecified atom stereocenters. The Hall–Kier alpha value is -0.770. The summed E-state index contributed by atoms with van der Waals surface area (Å²) in [6.45, 7) is 2.32. The van der Waals surface area contributed by atoms with E-state index in [0.29, 0.717) is 11.6 Å². The van der Waals surface area contributed by atoms with Crippen molar-refractivity contribution in [2.75, 3.05) is 13.2 Å². The van der Waals surface area contributed by atoms with E-state index in [2.05, 4.69) is 0 Å². The van der Waals surface area contributed by atoms with Crippen LogP contribution in [0.25, 0.3) is 0 Å². The van der Waals surface area contributed by atoms with E-state index in [9.17, 15) is 0 Å². The molecule has 0 atom stereocenters. The smallest absolute Gasteiger partial charge is 0.115 e. The summed E-state index contributed by atoms with van der Waals surface area (Å²) >= 11 is 5.67. The third kappa shape index (κ3) is 5.47. The van der Waals surface area contributed by atoms with E-state index in [4.69, 9.17) is 27.5 Å². The van der Waals surface area contributed by atoms with E-state index in [1.807, 2.05) is 6.92 Å². The maximum absolute atomic E-state index is 8.88. The summed E-state index contributed by atoms with van der Waals surface area (Å²) in [4.78, 5) is 0. The number of nitrogens with two attached hydrogens (primary N) is 1. The number of phenolic OH excluding ortho intramolecular Hbond substituents is 1. The molecule has 0 spiro atoms. The van der Waals surface area contributed by atoms with E-state index >= 15 is 0 Å². The van der Waals surface area contributed by atoms with Gasteiger partial charge in [0.25, 0.3) is 0 Å². The SMILES string of the molecule is Cc1cc(O)ccc1Cl.NCCO. The number of hydrogen-bond donors (Lipinski definition) is 3. The molecule has 0 aromatic heterocycles. The quantitative estimate of drug-likeness (QED) is 0.645. The largest absolute Gasteiger partial charge is 0.508 e. The average molecular weight is 204 g/mol. The van der Waals surface area contributed by atoms with Crippen molar-refractivity contribution in [1.29, 1.82) is 0 Å². The van der Waals surface area contributed by atoms with Crippen LogP contribution in [0.3, 0.4) is 0 Å². The first-order valence-electron chi connectivity index (χ1n) is 3.88. The van der Waals surface area contributed by atoms with Gasteiger partial charge in [0.2, 0.25) is 0 Å². The fraction of sp³-hybridized carbons (Fsp3) is 0.333. The number of rotatable bonds is 1. The highest BCUT2D eigenvalue weighted by Gasteiger charge is 1.93. The van der Waals surface area contributed by atoms with Crippen LogP contribution >= 0.6 is 11.6 Å². The number of phenols is 1. The molecule has 0 saturated heterocycles. The fourth-order valence-electron chi connectivity index (χ4n) is 0.629. The topological polar surface area (TPSA) is 66.5 Å². The summed E-state index contributed by atoms with van der Waals surface area (Å²) in [5.74, 6) is 0.261. The number of aryl methyl sites for hydroxylation is 1. The first-order valence-corrected chi connectivity index (χ1v) is 4.25. The van der Waals surface area contributed by atoms with Gasteiger partial charge in [-0.25, -0.2) is 0 Å². The van der Waals surface area contributed by atoms with Crippen LogP contribution in [-0.2, 0) is 0 Å². The molecule has 0 saturated carbocycles. The van der Waals surface area contributed by atoms with Gasteiger partial charge in [0.05, 0.1) is 6.61 Å². The molecule has 0 aliphatic heterocycles. The van der Waals surface area contributed by atoms with Crippen LogP contribution in [-0.4, -0.2) is 23.4 Å². The lowest BCUT2D eigenvalue weighted by molar-refractivity contribution is 0.306. The molecular weight excluding hydrogens is 190 g/mol. The van der Waals surface area contributed by atoms with E-state index in [1.165, 1.54) is 0 Å². The van der Waals surface area contributed by atoms with Crippen LogP contribution in [0, 0.1) is 6.92 Å². The molecule has 0 radical (unpaired) electrons. The van der Waals surface area contributed by atoms with Gasteiger partial charge in [-0.2, -0.15) is 0 Å². The van der Waals surface area contributed by atoms with Crippen LogP contribution in [0.15, 0.2) is 18.2 Å². The first-order chi connectivity index (χ1) is 6.11. The van der Waals surface area contributed by atoms with Crippen molar-refractivity contribution in [1.82, 2.24) is 0 Å². The Bertz CT molecular complexity index is 251. The Balaban J connectivity index is 0.000000310. The molecule has 0 bridgehead atoms. The van der Waals surface area contributed by atoms with Gasteiger partial charge < -0.3 is 15.9 Å². The highest BCUT2D eigenvalue weighted by atomic mass is 35.5. The zero-order valence-electron chi connectivity index (χ0n) is 7.50. The summed E-state index contributed by atoms with van der Waals surface area (Å²) in [6, 6.07) is 4.86. The van der Waals surface area contributed by atoms with E-state index in [-0.39, 0.29) is 12.4 Å². The van der Waals surface area contributed by atoms with Crippen molar-refractivity contribution < 1.29 is 10.2 Å². The van der Waals surface area contributed by atoms with Gasteiger partial charge in [0.1, 0.15) is 5.75 Å². The molecule has 0 aliphatic carbocycles. The first kappa shape index (κ1) is 12.2. The number of aliphatic hydroxyl groups excluding tert-OH is 1. The summed E-state index contributed by atoms with van der Waals surface area (Å²) in [7, 11) is 0. The molecule has 1 aromatic rings. The second-order valence-electron chi connectivity index (χ2n) is 2.45. The number of halogens is 1. The minimum absolute atomic E-state index is 0.0972. The third-order valence-electron chi connectivity index (χ3n) is 1.27. The predicted octanol–water partition coefficient (Wildman–Crippen LogP) is 1.29. The Morgan fingerprint density at radius 2 is 2.00 bits per heavy atom. The Morgan fingerprint density at radius 1 is 1.46 bits per heavy atom. The molecule has 0 heterocycles. The molecule has 4 heteroatoms. The lowest BCUT2D eigenvalue weighted by Gasteiger charge is -1.95. The lowest BCUT2D eigenvalue weighted by Crippen LogP contribution is -2.02. The van der Waals surface area contributed by atoms with Gasteiger partial charge in [-0.1, -0.05) is 11.6 Å². The minimum atomic E-state index is 0.0972. The van der Waals surface area contributed by atoms with Crippen LogP contribution in [0.2, 0.25) is 5.02 Å². The second kappa shape index (κ2) is 6.71. The van der Waals surface area contributed by atoms with Crippen LogP contribution in [0.5, 0.6) is 5.75 Å². The highest BCUT2D eigenvalue weighted by molar-refractivity contribution is 6.31. The van der Waals surface area contributed by atoms with E-state index in [0.717, 1.165) is 5.56 Å².